The number of thioether (sulfide) groups is 1. The van der Waals surface area contributed by atoms with E-state index in [1.165, 1.54) is 24.3 Å². The summed E-state index contributed by atoms with van der Waals surface area (Å²) in [5.74, 6) is 0. The average Bonchev–Trinajstić information content (AvgIpc) is 2.34. The SMILES string of the molecule is CCC1CCC(SC)=N1. The third-order valence-corrected chi connectivity index (χ3v) is 2.51. The van der Waals surface area contributed by atoms with Crippen LogP contribution in [0, 0.1) is 0 Å². The normalized spacial score (nSPS) is 26.4. The molecule has 0 aromatic heterocycles. The second-order valence-electron chi connectivity index (χ2n) is 2.33. The van der Waals surface area contributed by atoms with Crippen molar-refractivity contribution in [3.05, 3.63) is 0 Å². The average molecular weight is 143 g/mol. The standard InChI is InChI=1S/C7H13NS/c1-3-6-4-5-7(8-6)9-2/h6H,3-5H2,1-2H3. The van der Waals surface area contributed by atoms with Crippen LogP contribution in [-0.2, 0) is 0 Å². The minimum Gasteiger partial charge on any atom is -0.280 e. The van der Waals surface area contributed by atoms with Crippen molar-refractivity contribution < 1.29 is 0 Å². The molecule has 1 rings (SSSR count). The van der Waals surface area contributed by atoms with Crippen molar-refractivity contribution in [3.8, 4) is 0 Å². The van der Waals surface area contributed by atoms with Crippen LogP contribution in [0.5, 0.6) is 0 Å². The van der Waals surface area contributed by atoms with Gasteiger partial charge in [0, 0.05) is 0 Å². The highest BCUT2D eigenvalue weighted by molar-refractivity contribution is 8.13. The molecule has 0 saturated heterocycles. The summed E-state index contributed by atoms with van der Waals surface area (Å²) < 4.78 is 0. The van der Waals surface area contributed by atoms with E-state index in [0.29, 0.717) is 6.04 Å². The first kappa shape index (κ1) is 7.13. The number of hydrogen-bond donors (Lipinski definition) is 0. The molecule has 0 saturated carbocycles. The molecule has 1 aliphatic rings. The largest absolute Gasteiger partial charge is 0.280 e. The number of hydrogen-bond acceptors (Lipinski definition) is 2. The van der Waals surface area contributed by atoms with Gasteiger partial charge in [0.05, 0.1) is 11.1 Å². The number of rotatable bonds is 1. The summed E-state index contributed by atoms with van der Waals surface area (Å²) in [6.07, 6.45) is 5.83. The molecule has 0 spiro atoms. The highest BCUT2D eigenvalue weighted by Crippen LogP contribution is 2.20. The van der Waals surface area contributed by atoms with E-state index in [0.717, 1.165) is 0 Å². The van der Waals surface area contributed by atoms with E-state index in [9.17, 15) is 0 Å². The minimum absolute atomic E-state index is 0.646. The van der Waals surface area contributed by atoms with Gasteiger partial charge >= 0.3 is 0 Å². The van der Waals surface area contributed by atoms with Crippen LogP contribution in [-0.4, -0.2) is 17.3 Å². The molecule has 0 amide bonds. The molecule has 0 radical (unpaired) electrons. The Morgan fingerprint density at radius 2 is 2.56 bits per heavy atom. The molecule has 9 heavy (non-hydrogen) atoms. The summed E-state index contributed by atoms with van der Waals surface area (Å²) in [7, 11) is 0. The predicted molar refractivity (Wildman–Crippen MR) is 44.3 cm³/mol. The predicted octanol–water partition coefficient (Wildman–Crippen LogP) is 2.32. The van der Waals surface area contributed by atoms with Gasteiger partial charge in [-0.1, -0.05) is 6.92 Å². The summed E-state index contributed by atoms with van der Waals surface area (Å²) in [6.45, 7) is 2.21. The van der Waals surface area contributed by atoms with Gasteiger partial charge in [-0.15, -0.1) is 11.8 Å². The van der Waals surface area contributed by atoms with Gasteiger partial charge in [0.25, 0.3) is 0 Å². The zero-order valence-electron chi connectivity index (χ0n) is 6.05. The first-order valence-electron chi connectivity index (χ1n) is 3.47. The van der Waals surface area contributed by atoms with Crippen molar-refractivity contribution >= 4 is 16.8 Å². The van der Waals surface area contributed by atoms with E-state index in [-0.39, 0.29) is 0 Å². The van der Waals surface area contributed by atoms with Crippen LogP contribution in [0.3, 0.4) is 0 Å². The van der Waals surface area contributed by atoms with Crippen LogP contribution in [0.1, 0.15) is 26.2 Å². The van der Waals surface area contributed by atoms with Crippen molar-refractivity contribution in [1.82, 2.24) is 0 Å². The Morgan fingerprint density at radius 1 is 1.78 bits per heavy atom. The molecule has 0 aliphatic carbocycles. The molecule has 2 heteroatoms. The van der Waals surface area contributed by atoms with Gasteiger partial charge in [0.2, 0.25) is 0 Å². The second kappa shape index (κ2) is 3.25. The van der Waals surface area contributed by atoms with E-state index < -0.39 is 0 Å². The molecule has 1 heterocycles. The van der Waals surface area contributed by atoms with E-state index in [1.54, 1.807) is 11.8 Å². The Kier molecular flexibility index (Phi) is 2.58. The zero-order chi connectivity index (χ0) is 6.69. The summed E-state index contributed by atoms with van der Waals surface area (Å²) in [5.41, 5.74) is 0. The minimum atomic E-state index is 0.646. The Hall–Kier alpha value is 0.0200. The molecule has 0 N–H and O–H groups in total. The van der Waals surface area contributed by atoms with Gasteiger partial charge in [-0.3, -0.25) is 4.99 Å². The quantitative estimate of drug-likeness (QED) is 0.548. The monoisotopic (exact) mass is 143 g/mol. The molecule has 1 atom stereocenters. The van der Waals surface area contributed by atoms with E-state index in [2.05, 4.69) is 18.2 Å². The van der Waals surface area contributed by atoms with Gasteiger partial charge < -0.3 is 0 Å². The van der Waals surface area contributed by atoms with Crippen LogP contribution >= 0.6 is 11.8 Å². The van der Waals surface area contributed by atoms with Gasteiger partial charge in [-0.2, -0.15) is 0 Å². The molecule has 1 unspecified atom stereocenters. The van der Waals surface area contributed by atoms with Gasteiger partial charge in [0.15, 0.2) is 0 Å². The maximum absolute atomic E-state index is 4.50. The third kappa shape index (κ3) is 1.71. The lowest BCUT2D eigenvalue weighted by Crippen LogP contribution is -1.93. The van der Waals surface area contributed by atoms with Crippen LogP contribution in [0.25, 0.3) is 0 Å². The zero-order valence-corrected chi connectivity index (χ0v) is 6.87. The maximum Gasteiger partial charge on any atom is 0.0677 e. The lowest BCUT2D eigenvalue weighted by molar-refractivity contribution is 0.649. The Bertz CT molecular complexity index is 120. The molecule has 0 bridgehead atoms. The van der Waals surface area contributed by atoms with Crippen molar-refractivity contribution in [2.24, 2.45) is 4.99 Å². The molecule has 1 aliphatic heterocycles. The Morgan fingerprint density at radius 3 is 2.89 bits per heavy atom. The molecule has 0 aromatic rings. The Balaban J connectivity index is 2.40. The van der Waals surface area contributed by atoms with E-state index in [4.69, 9.17) is 0 Å². The number of nitrogens with zero attached hydrogens (tertiary/aromatic N) is 1. The lowest BCUT2D eigenvalue weighted by atomic mass is 10.2. The fraction of sp³-hybridized carbons (Fsp3) is 0.857. The highest BCUT2D eigenvalue weighted by Gasteiger charge is 2.13. The van der Waals surface area contributed by atoms with Gasteiger partial charge in [0.1, 0.15) is 0 Å². The smallest absolute Gasteiger partial charge is 0.0677 e. The second-order valence-corrected chi connectivity index (χ2v) is 3.21. The fourth-order valence-electron chi connectivity index (χ4n) is 1.07. The van der Waals surface area contributed by atoms with Crippen molar-refractivity contribution in [2.45, 2.75) is 32.2 Å². The van der Waals surface area contributed by atoms with Crippen LogP contribution in [0.15, 0.2) is 4.99 Å². The van der Waals surface area contributed by atoms with Gasteiger partial charge in [-0.05, 0) is 25.5 Å². The van der Waals surface area contributed by atoms with Crippen LogP contribution in [0.2, 0.25) is 0 Å². The summed E-state index contributed by atoms with van der Waals surface area (Å²) >= 11 is 1.80. The summed E-state index contributed by atoms with van der Waals surface area (Å²) in [6, 6.07) is 0.646. The number of aliphatic imine (C=N–C) groups is 1. The first-order chi connectivity index (χ1) is 4.36. The van der Waals surface area contributed by atoms with E-state index in [1.807, 2.05) is 0 Å². The molecule has 0 fully saturated rings. The Labute approximate surface area is 60.9 Å². The van der Waals surface area contributed by atoms with Crippen molar-refractivity contribution in [2.75, 3.05) is 6.26 Å². The third-order valence-electron chi connectivity index (χ3n) is 1.72. The fourth-order valence-corrected chi connectivity index (χ4v) is 1.65. The highest BCUT2D eigenvalue weighted by atomic mass is 32.2. The molecule has 0 aromatic carbocycles. The topological polar surface area (TPSA) is 12.4 Å². The van der Waals surface area contributed by atoms with Crippen molar-refractivity contribution in [3.63, 3.8) is 0 Å². The molecule has 1 nitrogen and oxygen atoms in total. The molecular formula is C7H13NS. The van der Waals surface area contributed by atoms with Crippen LogP contribution < -0.4 is 0 Å². The summed E-state index contributed by atoms with van der Waals surface area (Å²) in [5, 5.41) is 1.35. The van der Waals surface area contributed by atoms with Gasteiger partial charge in [-0.25, -0.2) is 0 Å². The molecule has 52 valence electrons. The maximum atomic E-state index is 4.50. The first-order valence-corrected chi connectivity index (χ1v) is 4.70. The van der Waals surface area contributed by atoms with E-state index >= 15 is 0 Å². The summed E-state index contributed by atoms with van der Waals surface area (Å²) in [4.78, 5) is 4.50. The lowest BCUT2D eigenvalue weighted by Gasteiger charge is -1.96. The van der Waals surface area contributed by atoms with Crippen molar-refractivity contribution in [1.29, 1.82) is 0 Å². The van der Waals surface area contributed by atoms with Crippen LogP contribution in [0.4, 0.5) is 0 Å². The molecular weight excluding hydrogens is 130 g/mol.